The van der Waals surface area contributed by atoms with Crippen molar-refractivity contribution in [3.63, 3.8) is 0 Å². The standard InChI is InChI=1S/C15H13ClN2O3/c16-13-11(7-4-8-17-13)14(19)18-9-12(15(20)21)10-5-2-1-3-6-10/h1-8,12H,9H2,(H,18,19)(H,20,21). The third-order valence-electron chi connectivity index (χ3n) is 2.97. The molecule has 0 bridgehead atoms. The topological polar surface area (TPSA) is 79.3 Å². The number of nitrogens with one attached hydrogen (secondary N) is 1. The normalized spacial score (nSPS) is 11.7. The van der Waals surface area contributed by atoms with Gasteiger partial charge in [0.2, 0.25) is 0 Å². The number of aliphatic carboxylic acids is 1. The van der Waals surface area contributed by atoms with E-state index < -0.39 is 17.8 Å². The quantitative estimate of drug-likeness (QED) is 0.831. The van der Waals surface area contributed by atoms with E-state index in [1.54, 1.807) is 36.4 Å². The summed E-state index contributed by atoms with van der Waals surface area (Å²) in [5.41, 5.74) is 0.846. The van der Waals surface area contributed by atoms with Crippen LogP contribution in [-0.4, -0.2) is 28.5 Å². The summed E-state index contributed by atoms with van der Waals surface area (Å²) in [5.74, 6) is -2.26. The van der Waals surface area contributed by atoms with Gasteiger partial charge in [0.15, 0.2) is 0 Å². The van der Waals surface area contributed by atoms with Crippen molar-refractivity contribution in [3.05, 3.63) is 64.9 Å². The average molecular weight is 305 g/mol. The number of rotatable bonds is 5. The van der Waals surface area contributed by atoms with Gasteiger partial charge in [-0.3, -0.25) is 9.59 Å². The Balaban J connectivity index is 2.08. The first-order valence-electron chi connectivity index (χ1n) is 6.26. The zero-order valence-electron chi connectivity index (χ0n) is 11.0. The van der Waals surface area contributed by atoms with Crippen LogP contribution in [0.3, 0.4) is 0 Å². The highest BCUT2D eigenvalue weighted by atomic mass is 35.5. The van der Waals surface area contributed by atoms with E-state index in [1.165, 1.54) is 12.3 Å². The van der Waals surface area contributed by atoms with Gasteiger partial charge >= 0.3 is 5.97 Å². The summed E-state index contributed by atoms with van der Waals surface area (Å²) in [4.78, 5) is 27.1. The summed E-state index contributed by atoms with van der Waals surface area (Å²) in [6, 6.07) is 11.9. The number of carboxylic acid groups (broad SMARTS) is 1. The Morgan fingerprint density at radius 1 is 1.19 bits per heavy atom. The smallest absolute Gasteiger partial charge is 0.312 e. The Bertz CT molecular complexity index is 646. The molecule has 1 amide bonds. The molecule has 0 saturated carbocycles. The summed E-state index contributed by atoms with van der Waals surface area (Å²) in [6.07, 6.45) is 1.48. The number of aromatic nitrogens is 1. The number of benzene rings is 1. The Morgan fingerprint density at radius 3 is 2.52 bits per heavy atom. The van der Waals surface area contributed by atoms with Crippen LogP contribution in [0.4, 0.5) is 0 Å². The van der Waals surface area contributed by atoms with Crippen LogP contribution in [0.2, 0.25) is 5.15 Å². The van der Waals surface area contributed by atoms with Crippen LogP contribution in [-0.2, 0) is 4.79 Å². The molecule has 0 saturated heterocycles. The lowest BCUT2D eigenvalue weighted by atomic mass is 9.99. The minimum Gasteiger partial charge on any atom is -0.481 e. The SMILES string of the molecule is O=C(NCC(C(=O)O)c1ccccc1)c1cccnc1Cl. The highest BCUT2D eigenvalue weighted by Crippen LogP contribution is 2.16. The fraction of sp³-hybridized carbons (Fsp3) is 0.133. The van der Waals surface area contributed by atoms with Crippen molar-refractivity contribution in [2.24, 2.45) is 0 Å². The minimum absolute atomic E-state index is 0.0244. The Labute approximate surface area is 126 Å². The van der Waals surface area contributed by atoms with E-state index in [9.17, 15) is 14.7 Å². The molecule has 5 nitrogen and oxygen atoms in total. The molecule has 2 aromatic rings. The van der Waals surface area contributed by atoms with E-state index in [0.717, 1.165) is 0 Å². The molecule has 1 heterocycles. The Hall–Kier alpha value is -2.40. The molecule has 0 radical (unpaired) electrons. The molecule has 0 aliphatic rings. The lowest BCUT2D eigenvalue weighted by Gasteiger charge is -2.14. The second-order valence-electron chi connectivity index (χ2n) is 4.35. The molecule has 0 spiro atoms. The fourth-order valence-electron chi connectivity index (χ4n) is 1.88. The maximum absolute atomic E-state index is 12.0. The zero-order valence-corrected chi connectivity index (χ0v) is 11.7. The van der Waals surface area contributed by atoms with Gasteiger partial charge < -0.3 is 10.4 Å². The van der Waals surface area contributed by atoms with Crippen molar-refractivity contribution in [1.29, 1.82) is 0 Å². The van der Waals surface area contributed by atoms with Crippen molar-refractivity contribution < 1.29 is 14.7 Å². The van der Waals surface area contributed by atoms with Gasteiger partial charge in [-0.2, -0.15) is 0 Å². The van der Waals surface area contributed by atoms with Gasteiger partial charge in [-0.05, 0) is 17.7 Å². The number of amides is 1. The van der Waals surface area contributed by atoms with Crippen molar-refractivity contribution >= 4 is 23.5 Å². The minimum atomic E-state index is -1.00. The highest BCUT2D eigenvalue weighted by Gasteiger charge is 2.21. The second-order valence-corrected chi connectivity index (χ2v) is 4.71. The molecule has 21 heavy (non-hydrogen) atoms. The van der Waals surface area contributed by atoms with E-state index in [4.69, 9.17) is 11.6 Å². The molecule has 1 aromatic carbocycles. The Morgan fingerprint density at radius 2 is 1.90 bits per heavy atom. The van der Waals surface area contributed by atoms with Crippen molar-refractivity contribution in [2.45, 2.75) is 5.92 Å². The van der Waals surface area contributed by atoms with Crippen LogP contribution in [0.1, 0.15) is 21.8 Å². The Kier molecular flexibility index (Phi) is 4.90. The number of halogens is 1. The van der Waals surface area contributed by atoms with E-state index >= 15 is 0 Å². The molecule has 108 valence electrons. The first kappa shape index (κ1) is 15.0. The number of carbonyl (C=O) groups is 2. The molecule has 2 rings (SSSR count). The molecule has 0 aliphatic heterocycles. The fourth-order valence-corrected chi connectivity index (χ4v) is 2.08. The molecule has 6 heteroatoms. The maximum atomic E-state index is 12.0. The lowest BCUT2D eigenvalue weighted by molar-refractivity contribution is -0.138. The first-order chi connectivity index (χ1) is 10.1. The molecule has 1 atom stereocenters. The molecule has 1 aromatic heterocycles. The third kappa shape index (κ3) is 3.79. The van der Waals surface area contributed by atoms with Crippen LogP contribution < -0.4 is 5.32 Å². The number of nitrogens with zero attached hydrogens (tertiary/aromatic N) is 1. The third-order valence-corrected chi connectivity index (χ3v) is 3.27. The van der Waals surface area contributed by atoms with Gasteiger partial charge in [0.25, 0.3) is 5.91 Å². The number of hydrogen-bond donors (Lipinski definition) is 2. The van der Waals surface area contributed by atoms with Gasteiger partial charge in [-0.15, -0.1) is 0 Å². The predicted octanol–water partition coefficient (Wildman–Crippen LogP) is 2.33. The summed E-state index contributed by atoms with van der Waals surface area (Å²) >= 11 is 5.83. The summed E-state index contributed by atoms with van der Waals surface area (Å²) in [6.45, 7) is -0.0244. The van der Waals surface area contributed by atoms with Gasteiger partial charge in [0.05, 0.1) is 11.5 Å². The first-order valence-corrected chi connectivity index (χ1v) is 6.64. The van der Waals surface area contributed by atoms with Crippen LogP contribution >= 0.6 is 11.6 Å². The van der Waals surface area contributed by atoms with E-state index in [0.29, 0.717) is 5.56 Å². The molecule has 0 aliphatic carbocycles. The van der Waals surface area contributed by atoms with Crippen LogP contribution in [0.25, 0.3) is 0 Å². The molecule has 1 unspecified atom stereocenters. The predicted molar refractivity (Wildman–Crippen MR) is 78.4 cm³/mol. The number of pyridine rings is 1. The van der Waals surface area contributed by atoms with Gasteiger partial charge in [0.1, 0.15) is 5.15 Å². The monoisotopic (exact) mass is 304 g/mol. The van der Waals surface area contributed by atoms with Crippen molar-refractivity contribution in [1.82, 2.24) is 10.3 Å². The molecule has 0 fully saturated rings. The van der Waals surface area contributed by atoms with Gasteiger partial charge in [0, 0.05) is 12.7 Å². The van der Waals surface area contributed by atoms with Gasteiger partial charge in [-0.1, -0.05) is 41.9 Å². The van der Waals surface area contributed by atoms with E-state index in [-0.39, 0.29) is 17.3 Å². The molecular weight excluding hydrogens is 292 g/mol. The number of carboxylic acids is 1. The number of carbonyl (C=O) groups excluding carboxylic acids is 1. The van der Waals surface area contributed by atoms with Crippen molar-refractivity contribution in [2.75, 3.05) is 6.54 Å². The maximum Gasteiger partial charge on any atom is 0.312 e. The van der Waals surface area contributed by atoms with E-state index in [1.807, 2.05) is 0 Å². The summed E-state index contributed by atoms with van der Waals surface area (Å²) in [5, 5.41) is 11.9. The molecule has 2 N–H and O–H groups in total. The number of hydrogen-bond acceptors (Lipinski definition) is 3. The van der Waals surface area contributed by atoms with E-state index in [2.05, 4.69) is 10.3 Å². The largest absolute Gasteiger partial charge is 0.481 e. The van der Waals surface area contributed by atoms with Gasteiger partial charge in [-0.25, -0.2) is 4.98 Å². The van der Waals surface area contributed by atoms with Crippen LogP contribution in [0, 0.1) is 0 Å². The van der Waals surface area contributed by atoms with Crippen molar-refractivity contribution in [3.8, 4) is 0 Å². The van der Waals surface area contributed by atoms with Crippen LogP contribution in [0.5, 0.6) is 0 Å². The lowest BCUT2D eigenvalue weighted by Crippen LogP contribution is -2.32. The highest BCUT2D eigenvalue weighted by molar-refractivity contribution is 6.32. The zero-order chi connectivity index (χ0) is 15.2. The molecular formula is C15H13ClN2O3. The summed E-state index contributed by atoms with van der Waals surface area (Å²) < 4.78 is 0. The van der Waals surface area contributed by atoms with Crippen LogP contribution in [0.15, 0.2) is 48.7 Å². The summed E-state index contributed by atoms with van der Waals surface area (Å²) in [7, 11) is 0. The average Bonchev–Trinajstić information content (AvgIpc) is 2.48. The second kappa shape index (κ2) is 6.85.